The van der Waals surface area contributed by atoms with Gasteiger partial charge in [0.25, 0.3) is 0 Å². The normalized spacial score (nSPS) is 14.3. The number of amides is 2. The fourth-order valence-corrected chi connectivity index (χ4v) is 1.89. The van der Waals surface area contributed by atoms with Crippen LogP contribution >= 0.6 is 11.6 Å². The third kappa shape index (κ3) is 5.27. The van der Waals surface area contributed by atoms with Gasteiger partial charge in [-0.1, -0.05) is 11.6 Å². The third-order valence-corrected chi connectivity index (χ3v) is 3.37. The highest BCUT2D eigenvalue weighted by atomic mass is 35.5. The topological polar surface area (TPSA) is 83.1 Å². The summed E-state index contributed by atoms with van der Waals surface area (Å²) in [6, 6.07) is 0.757. The molecular formula is C13H14ClF3N4O2. The lowest BCUT2D eigenvalue weighted by Gasteiger charge is -2.11. The molecule has 0 saturated heterocycles. The zero-order chi connectivity index (χ0) is 17.0. The second-order valence-electron chi connectivity index (χ2n) is 5.04. The molecule has 1 aromatic rings. The van der Waals surface area contributed by atoms with Crippen molar-refractivity contribution < 1.29 is 22.8 Å². The summed E-state index contributed by atoms with van der Waals surface area (Å²) in [7, 11) is 0. The van der Waals surface area contributed by atoms with Crippen molar-refractivity contribution in [3.8, 4) is 0 Å². The number of hydrazine groups is 1. The van der Waals surface area contributed by atoms with Crippen LogP contribution in [0.15, 0.2) is 12.3 Å². The second-order valence-corrected chi connectivity index (χ2v) is 5.45. The predicted molar refractivity (Wildman–Crippen MR) is 76.4 cm³/mol. The molecule has 126 valence electrons. The number of hydrogen-bond acceptors (Lipinski definition) is 4. The maximum absolute atomic E-state index is 12.5. The number of halogens is 4. The van der Waals surface area contributed by atoms with Gasteiger partial charge < -0.3 is 5.32 Å². The van der Waals surface area contributed by atoms with E-state index in [1.807, 2.05) is 0 Å². The van der Waals surface area contributed by atoms with E-state index in [4.69, 9.17) is 11.6 Å². The number of pyridine rings is 1. The SMILES string of the molecule is O=C(CCNc1ncc(C(F)(F)F)cc1Cl)NNC(=O)C1CC1. The first-order valence-electron chi connectivity index (χ1n) is 6.82. The Balaban J connectivity index is 1.75. The number of hydrogen-bond donors (Lipinski definition) is 3. The zero-order valence-electron chi connectivity index (χ0n) is 11.8. The fourth-order valence-electron chi connectivity index (χ4n) is 1.66. The minimum Gasteiger partial charge on any atom is -0.368 e. The van der Waals surface area contributed by atoms with E-state index in [1.54, 1.807) is 0 Å². The molecule has 0 atom stereocenters. The van der Waals surface area contributed by atoms with Crippen LogP contribution in [0.4, 0.5) is 19.0 Å². The van der Waals surface area contributed by atoms with Crippen LogP contribution in [0.2, 0.25) is 5.02 Å². The Hall–Kier alpha value is -2.03. The van der Waals surface area contributed by atoms with Crippen LogP contribution in [0.25, 0.3) is 0 Å². The van der Waals surface area contributed by atoms with E-state index in [1.165, 1.54) is 0 Å². The van der Waals surface area contributed by atoms with Gasteiger partial charge in [0.15, 0.2) is 0 Å². The van der Waals surface area contributed by atoms with Crippen LogP contribution in [0, 0.1) is 5.92 Å². The number of anilines is 1. The van der Waals surface area contributed by atoms with Gasteiger partial charge in [-0.05, 0) is 18.9 Å². The molecule has 2 amide bonds. The van der Waals surface area contributed by atoms with Crippen molar-refractivity contribution in [2.24, 2.45) is 5.92 Å². The van der Waals surface area contributed by atoms with Crippen LogP contribution < -0.4 is 16.2 Å². The minimum atomic E-state index is -4.52. The average Bonchev–Trinajstić information content (AvgIpc) is 3.30. The highest BCUT2D eigenvalue weighted by molar-refractivity contribution is 6.32. The molecule has 0 radical (unpaired) electrons. The average molecular weight is 351 g/mol. The Kier molecular flexibility index (Phi) is 5.30. The number of carbonyl (C=O) groups excluding carboxylic acids is 2. The Morgan fingerprint density at radius 2 is 2.00 bits per heavy atom. The maximum Gasteiger partial charge on any atom is 0.417 e. The molecule has 0 bridgehead atoms. The molecule has 23 heavy (non-hydrogen) atoms. The Morgan fingerprint density at radius 1 is 1.30 bits per heavy atom. The molecule has 10 heteroatoms. The van der Waals surface area contributed by atoms with Crippen molar-refractivity contribution in [1.29, 1.82) is 0 Å². The number of alkyl halides is 3. The lowest BCUT2D eigenvalue weighted by molar-refractivity contribution is -0.137. The molecule has 2 rings (SSSR count). The molecule has 1 saturated carbocycles. The number of aromatic nitrogens is 1. The molecule has 3 N–H and O–H groups in total. The first-order valence-corrected chi connectivity index (χ1v) is 7.20. The number of rotatable bonds is 5. The summed E-state index contributed by atoms with van der Waals surface area (Å²) in [5, 5.41) is 2.47. The standard InChI is InChI=1S/C13H14ClF3N4O2/c14-9-5-8(13(15,16)17)6-19-11(9)18-4-3-10(22)20-21-12(23)7-1-2-7/h5-7H,1-4H2,(H,18,19)(H,20,22)(H,21,23). The quantitative estimate of drug-likeness (QED) is 0.710. The molecule has 0 spiro atoms. The number of nitrogens with zero attached hydrogens (tertiary/aromatic N) is 1. The van der Waals surface area contributed by atoms with Gasteiger partial charge in [-0.2, -0.15) is 13.2 Å². The molecule has 1 aliphatic rings. The molecule has 6 nitrogen and oxygen atoms in total. The zero-order valence-corrected chi connectivity index (χ0v) is 12.6. The molecule has 1 fully saturated rings. The van der Waals surface area contributed by atoms with E-state index in [2.05, 4.69) is 21.2 Å². The van der Waals surface area contributed by atoms with Crippen molar-refractivity contribution in [3.05, 3.63) is 22.8 Å². The summed E-state index contributed by atoms with van der Waals surface area (Å²) in [5.74, 6) is -0.633. The largest absolute Gasteiger partial charge is 0.417 e. The molecular weight excluding hydrogens is 337 g/mol. The molecule has 1 heterocycles. The predicted octanol–water partition coefficient (Wildman–Crippen LogP) is 2.11. The van der Waals surface area contributed by atoms with Gasteiger partial charge in [0, 0.05) is 25.1 Å². The summed E-state index contributed by atoms with van der Waals surface area (Å²) in [5.41, 5.74) is 3.60. The smallest absolute Gasteiger partial charge is 0.368 e. The van der Waals surface area contributed by atoms with Gasteiger partial charge >= 0.3 is 6.18 Å². The van der Waals surface area contributed by atoms with Gasteiger partial charge in [0.2, 0.25) is 11.8 Å². The molecule has 1 aliphatic carbocycles. The summed E-state index contributed by atoms with van der Waals surface area (Å²) in [4.78, 5) is 26.4. The summed E-state index contributed by atoms with van der Waals surface area (Å²) >= 11 is 5.71. The number of nitrogens with one attached hydrogen (secondary N) is 3. The van der Waals surface area contributed by atoms with Gasteiger partial charge in [-0.3, -0.25) is 20.4 Å². The molecule has 0 unspecified atom stereocenters. The van der Waals surface area contributed by atoms with E-state index in [0.717, 1.165) is 18.9 Å². The van der Waals surface area contributed by atoms with E-state index >= 15 is 0 Å². The first kappa shape index (κ1) is 17.3. The summed E-state index contributed by atoms with van der Waals surface area (Å²) in [6.45, 7) is 0.100. The van der Waals surface area contributed by atoms with Crippen molar-refractivity contribution in [1.82, 2.24) is 15.8 Å². The molecule has 1 aromatic heterocycles. The van der Waals surface area contributed by atoms with E-state index in [-0.39, 0.29) is 35.6 Å². The highest BCUT2D eigenvalue weighted by Gasteiger charge is 2.31. The van der Waals surface area contributed by atoms with Crippen molar-refractivity contribution in [2.75, 3.05) is 11.9 Å². The second kappa shape index (κ2) is 7.03. The van der Waals surface area contributed by atoms with Crippen molar-refractivity contribution >= 4 is 29.2 Å². The van der Waals surface area contributed by atoms with Gasteiger partial charge in [-0.15, -0.1) is 0 Å². The highest BCUT2D eigenvalue weighted by Crippen LogP contribution is 2.32. The Labute approximate surface area is 134 Å². The van der Waals surface area contributed by atoms with Crippen LogP contribution in [-0.2, 0) is 15.8 Å². The maximum atomic E-state index is 12.5. The lowest BCUT2D eigenvalue weighted by atomic mass is 10.2. The van der Waals surface area contributed by atoms with E-state index in [9.17, 15) is 22.8 Å². The fraction of sp³-hybridized carbons (Fsp3) is 0.462. The van der Waals surface area contributed by atoms with Crippen LogP contribution in [-0.4, -0.2) is 23.3 Å². The third-order valence-electron chi connectivity index (χ3n) is 3.09. The monoisotopic (exact) mass is 350 g/mol. The lowest BCUT2D eigenvalue weighted by Crippen LogP contribution is -2.42. The first-order chi connectivity index (χ1) is 10.8. The van der Waals surface area contributed by atoms with Gasteiger partial charge in [0.1, 0.15) is 5.82 Å². The molecule has 0 aliphatic heterocycles. The summed E-state index contributed by atoms with van der Waals surface area (Å²) in [6.07, 6.45) is -2.23. The van der Waals surface area contributed by atoms with Crippen molar-refractivity contribution in [2.45, 2.75) is 25.4 Å². The van der Waals surface area contributed by atoms with Crippen LogP contribution in [0.1, 0.15) is 24.8 Å². The van der Waals surface area contributed by atoms with Crippen LogP contribution in [0.5, 0.6) is 0 Å². The van der Waals surface area contributed by atoms with E-state index < -0.39 is 17.6 Å². The number of carbonyl (C=O) groups is 2. The Morgan fingerprint density at radius 3 is 2.57 bits per heavy atom. The minimum absolute atomic E-state index is 0.00994. The van der Waals surface area contributed by atoms with Crippen molar-refractivity contribution in [3.63, 3.8) is 0 Å². The van der Waals surface area contributed by atoms with Gasteiger partial charge in [-0.25, -0.2) is 4.98 Å². The van der Waals surface area contributed by atoms with Crippen LogP contribution in [0.3, 0.4) is 0 Å². The molecule has 0 aromatic carbocycles. The Bertz CT molecular complexity index is 605. The van der Waals surface area contributed by atoms with E-state index in [0.29, 0.717) is 6.20 Å². The summed E-state index contributed by atoms with van der Waals surface area (Å²) < 4.78 is 37.4. The van der Waals surface area contributed by atoms with Gasteiger partial charge in [0.05, 0.1) is 10.6 Å².